The molecule has 2 unspecified atom stereocenters. The molecule has 1 heterocycles. The number of carbonyl (C=O) groups is 1. The van der Waals surface area contributed by atoms with Gasteiger partial charge in [-0.15, -0.1) is 24.0 Å². The monoisotopic (exact) mass is 487 g/mol. The number of ether oxygens (including phenoxy) is 2. The Morgan fingerprint density at radius 3 is 2.52 bits per heavy atom. The highest BCUT2D eigenvalue weighted by atomic mass is 127. The number of methoxy groups -OCH3 is 2. The number of nitrogens with zero attached hydrogens (tertiary/aromatic N) is 2. The van der Waals surface area contributed by atoms with Crippen molar-refractivity contribution in [1.82, 2.24) is 10.2 Å². The third-order valence-electron chi connectivity index (χ3n) is 5.80. The van der Waals surface area contributed by atoms with E-state index in [-0.39, 0.29) is 41.3 Å². The lowest BCUT2D eigenvalue weighted by Crippen LogP contribution is -2.48. The van der Waals surface area contributed by atoms with E-state index in [2.05, 4.69) is 34.3 Å². The average Bonchev–Trinajstić information content (AvgIpc) is 3.36. The van der Waals surface area contributed by atoms with Crippen LogP contribution in [-0.2, 0) is 14.9 Å². The lowest BCUT2D eigenvalue weighted by atomic mass is 9.96. The van der Waals surface area contributed by atoms with Gasteiger partial charge in [0.1, 0.15) is 5.75 Å². The number of halogens is 1. The minimum absolute atomic E-state index is 0. The smallest absolute Gasteiger partial charge is 0.308 e. The maximum absolute atomic E-state index is 11.7. The van der Waals surface area contributed by atoms with E-state index in [1.54, 1.807) is 7.11 Å². The molecule has 2 fully saturated rings. The SMILES string of the molecule is CN=C(NC1CC1(C)c1ccccc1OC)N1CCC(C(=O)OC)CC1.I. The van der Waals surface area contributed by atoms with Crippen LogP contribution in [0.5, 0.6) is 5.75 Å². The second-order valence-electron chi connectivity index (χ2n) is 7.35. The van der Waals surface area contributed by atoms with Crippen LogP contribution < -0.4 is 10.1 Å². The lowest BCUT2D eigenvalue weighted by molar-refractivity contribution is -0.146. The maximum Gasteiger partial charge on any atom is 0.308 e. The molecule has 0 radical (unpaired) electrons. The van der Waals surface area contributed by atoms with Gasteiger partial charge in [-0.05, 0) is 25.3 Å². The number of para-hydroxylation sites is 1. The summed E-state index contributed by atoms with van der Waals surface area (Å²) in [5.74, 6) is 1.76. The zero-order chi connectivity index (χ0) is 18.7. The van der Waals surface area contributed by atoms with Crippen LogP contribution in [0.2, 0.25) is 0 Å². The van der Waals surface area contributed by atoms with E-state index in [0.29, 0.717) is 6.04 Å². The summed E-state index contributed by atoms with van der Waals surface area (Å²) < 4.78 is 10.4. The van der Waals surface area contributed by atoms with Crippen molar-refractivity contribution in [1.29, 1.82) is 0 Å². The summed E-state index contributed by atoms with van der Waals surface area (Å²) in [6.07, 6.45) is 2.66. The molecular formula is C20H30IN3O3. The Bertz CT molecular complexity index is 689. The fraction of sp³-hybridized carbons (Fsp3) is 0.600. The Balaban J connectivity index is 0.00000261. The molecule has 0 spiro atoms. The molecule has 1 N–H and O–H groups in total. The van der Waals surface area contributed by atoms with E-state index >= 15 is 0 Å². The minimum Gasteiger partial charge on any atom is -0.496 e. The summed E-state index contributed by atoms with van der Waals surface area (Å²) in [4.78, 5) is 18.4. The van der Waals surface area contributed by atoms with Gasteiger partial charge in [0, 0.05) is 37.2 Å². The topological polar surface area (TPSA) is 63.2 Å². The largest absolute Gasteiger partial charge is 0.496 e. The van der Waals surface area contributed by atoms with Crippen molar-refractivity contribution >= 4 is 35.9 Å². The van der Waals surface area contributed by atoms with Gasteiger partial charge < -0.3 is 19.7 Å². The Kier molecular flexibility index (Phi) is 7.36. The summed E-state index contributed by atoms with van der Waals surface area (Å²) >= 11 is 0. The quantitative estimate of drug-likeness (QED) is 0.307. The first-order chi connectivity index (χ1) is 12.5. The summed E-state index contributed by atoms with van der Waals surface area (Å²) in [6, 6.07) is 8.55. The zero-order valence-corrected chi connectivity index (χ0v) is 18.9. The molecular weight excluding hydrogens is 457 g/mol. The van der Waals surface area contributed by atoms with Gasteiger partial charge in [0.05, 0.1) is 20.1 Å². The van der Waals surface area contributed by atoms with Crippen LogP contribution >= 0.6 is 24.0 Å². The number of esters is 1. The molecule has 1 aromatic carbocycles. The van der Waals surface area contributed by atoms with Gasteiger partial charge in [0.25, 0.3) is 0 Å². The molecule has 0 bridgehead atoms. The van der Waals surface area contributed by atoms with Gasteiger partial charge in [0.15, 0.2) is 5.96 Å². The van der Waals surface area contributed by atoms with Crippen LogP contribution in [0.25, 0.3) is 0 Å². The van der Waals surface area contributed by atoms with Gasteiger partial charge in [-0.3, -0.25) is 9.79 Å². The average molecular weight is 487 g/mol. The number of hydrogen-bond acceptors (Lipinski definition) is 4. The number of piperidine rings is 1. The normalized spacial score (nSPS) is 25.4. The first-order valence-corrected chi connectivity index (χ1v) is 9.23. The maximum atomic E-state index is 11.7. The highest BCUT2D eigenvalue weighted by molar-refractivity contribution is 14.0. The fourth-order valence-corrected chi connectivity index (χ4v) is 3.94. The second kappa shape index (κ2) is 9.12. The molecule has 6 nitrogen and oxygen atoms in total. The van der Waals surface area contributed by atoms with Crippen LogP contribution in [0, 0.1) is 5.92 Å². The number of carbonyl (C=O) groups excluding carboxylic acids is 1. The van der Waals surface area contributed by atoms with Crippen LogP contribution in [0.3, 0.4) is 0 Å². The molecule has 1 aromatic rings. The predicted molar refractivity (Wildman–Crippen MR) is 117 cm³/mol. The molecule has 150 valence electrons. The highest BCUT2D eigenvalue weighted by Gasteiger charge is 2.53. The second-order valence-corrected chi connectivity index (χ2v) is 7.35. The van der Waals surface area contributed by atoms with Crippen molar-refractivity contribution < 1.29 is 14.3 Å². The molecule has 2 aliphatic rings. The molecule has 1 saturated heterocycles. The summed E-state index contributed by atoms with van der Waals surface area (Å²) in [5.41, 5.74) is 1.28. The minimum atomic E-state index is -0.0986. The van der Waals surface area contributed by atoms with Gasteiger partial charge in [0.2, 0.25) is 0 Å². The number of benzene rings is 1. The van der Waals surface area contributed by atoms with E-state index in [1.165, 1.54) is 12.7 Å². The molecule has 1 aliphatic heterocycles. The van der Waals surface area contributed by atoms with E-state index in [0.717, 1.165) is 44.1 Å². The molecule has 7 heteroatoms. The van der Waals surface area contributed by atoms with Crippen molar-refractivity contribution in [3.63, 3.8) is 0 Å². The summed E-state index contributed by atoms with van der Waals surface area (Å²) in [5, 5.41) is 3.61. The van der Waals surface area contributed by atoms with E-state index in [4.69, 9.17) is 9.47 Å². The first-order valence-electron chi connectivity index (χ1n) is 9.23. The number of nitrogens with one attached hydrogen (secondary N) is 1. The number of guanidine groups is 1. The molecule has 27 heavy (non-hydrogen) atoms. The summed E-state index contributed by atoms with van der Waals surface area (Å²) in [7, 11) is 5.00. The van der Waals surface area contributed by atoms with E-state index < -0.39 is 0 Å². The van der Waals surface area contributed by atoms with Gasteiger partial charge in [-0.1, -0.05) is 25.1 Å². The van der Waals surface area contributed by atoms with Crippen molar-refractivity contribution in [3.05, 3.63) is 29.8 Å². The van der Waals surface area contributed by atoms with E-state index in [1.807, 2.05) is 19.2 Å². The van der Waals surface area contributed by atoms with Crippen LogP contribution in [0.1, 0.15) is 31.7 Å². The fourth-order valence-electron chi connectivity index (χ4n) is 3.94. The molecule has 3 rings (SSSR count). The predicted octanol–water partition coefficient (Wildman–Crippen LogP) is 2.80. The zero-order valence-electron chi connectivity index (χ0n) is 16.5. The lowest BCUT2D eigenvalue weighted by Gasteiger charge is -2.33. The van der Waals surface area contributed by atoms with E-state index in [9.17, 15) is 4.79 Å². The Morgan fingerprint density at radius 1 is 1.26 bits per heavy atom. The molecule has 0 amide bonds. The van der Waals surface area contributed by atoms with Crippen LogP contribution in [-0.4, -0.2) is 57.2 Å². The molecule has 1 aliphatic carbocycles. The van der Waals surface area contributed by atoms with Gasteiger partial charge >= 0.3 is 5.97 Å². The standard InChI is InChI=1S/C20H29N3O3.HI/c1-20(15-7-5-6-8-16(15)25-3)13-17(20)22-19(21-2)23-11-9-14(10-12-23)18(24)26-4;/h5-8,14,17H,9-13H2,1-4H3,(H,21,22);1H. The number of hydrogen-bond donors (Lipinski definition) is 1. The van der Waals surface area contributed by atoms with Gasteiger partial charge in [-0.25, -0.2) is 0 Å². The van der Waals surface area contributed by atoms with Crippen LogP contribution in [0.15, 0.2) is 29.3 Å². The molecule has 1 saturated carbocycles. The number of aliphatic imine (C=N–C) groups is 1. The Labute approximate surface area is 178 Å². The highest BCUT2D eigenvalue weighted by Crippen LogP contribution is 2.51. The van der Waals surface area contributed by atoms with Crippen molar-refractivity contribution in [3.8, 4) is 5.75 Å². The molecule has 0 aromatic heterocycles. The van der Waals surface area contributed by atoms with Crippen LogP contribution in [0.4, 0.5) is 0 Å². The third kappa shape index (κ3) is 4.50. The summed E-state index contributed by atoms with van der Waals surface area (Å²) in [6.45, 7) is 3.90. The number of likely N-dealkylation sites (tertiary alicyclic amines) is 1. The van der Waals surface area contributed by atoms with Gasteiger partial charge in [-0.2, -0.15) is 0 Å². The van der Waals surface area contributed by atoms with Crippen molar-refractivity contribution in [2.75, 3.05) is 34.4 Å². The van der Waals surface area contributed by atoms with Crippen molar-refractivity contribution in [2.24, 2.45) is 10.9 Å². The van der Waals surface area contributed by atoms with Crippen molar-refractivity contribution in [2.45, 2.75) is 37.6 Å². The Morgan fingerprint density at radius 2 is 1.93 bits per heavy atom. The first kappa shape index (κ1) is 21.8. The third-order valence-corrected chi connectivity index (χ3v) is 5.80. The Hall–Kier alpha value is -1.51. The number of rotatable bonds is 4. The molecule has 2 atom stereocenters.